The highest BCUT2D eigenvalue weighted by Gasteiger charge is 2.45. The van der Waals surface area contributed by atoms with Crippen LogP contribution in [0.2, 0.25) is 0 Å². The number of rotatable bonds is 4. The zero-order valence-electron chi connectivity index (χ0n) is 12.7. The van der Waals surface area contributed by atoms with Crippen molar-refractivity contribution in [1.29, 1.82) is 0 Å². The molecule has 1 aromatic rings. The minimum Gasteiger partial charge on any atom is -0.390 e. The van der Waals surface area contributed by atoms with Crippen LogP contribution in [0.25, 0.3) is 0 Å². The molecule has 0 unspecified atom stereocenters. The van der Waals surface area contributed by atoms with Gasteiger partial charge in [-0.2, -0.15) is 0 Å². The molecule has 3 rings (SSSR count). The molecule has 0 aromatic heterocycles. The third-order valence-electron chi connectivity index (χ3n) is 5.21. The molecule has 3 N–H and O–H groups in total. The maximum Gasteiger partial charge on any atom is 0.315 e. The third-order valence-corrected chi connectivity index (χ3v) is 5.21. The Hall–Kier alpha value is -1.55. The lowest BCUT2D eigenvalue weighted by atomic mass is 9.92. The Morgan fingerprint density at radius 2 is 2.10 bits per heavy atom. The fourth-order valence-electron chi connectivity index (χ4n) is 3.32. The molecule has 1 fully saturated rings. The van der Waals surface area contributed by atoms with E-state index in [1.165, 1.54) is 12.8 Å². The summed E-state index contributed by atoms with van der Waals surface area (Å²) in [5.41, 5.74) is 2.45. The largest absolute Gasteiger partial charge is 0.390 e. The number of carbonyl (C=O) groups is 1. The molecule has 0 saturated heterocycles. The maximum absolute atomic E-state index is 12.1. The van der Waals surface area contributed by atoms with Gasteiger partial charge in [-0.05, 0) is 35.3 Å². The number of hydrogen-bond donors (Lipinski definition) is 3. The van der Waals surface area contributed by atoms with Crippen molar-refractivity contribution in [3.8, 4) is 0 Å². The number of carbonyl (C=O) groups excluding carboxylic acids is 1. The van der Waals surface area contributed by atoms with Crippen molar-refractivity contribution in [2.75, 3.05) is 6.54 Å². The highest BCUT2D eigenvalue weighted by molar-refractivity contribution is 5.75. The van der Waals surface area contributed by atoms with E-state index in [1.807, 2.05) is 24.3 Å². The molecular formula is C17H24N2O2. The quantitative estimate of drug-likeness (QED) is 0.796. The first-order valence-electron chi connectivity index (χ1n) is 7.82. The molecule has 4 nitrogen and oxygen atoms in total. The summed E-state index contributed by atoms with van der Waals surface area (Å²) in [6, 6.07) is 7.43. The summed E-state index contributed by atoms with van der Waals surface area (Å²) in [5, 5.41) is 16.1. The molecule has 2 atom stereocenters. The Bertz CT molecular complexity index is 537. The second-order valence-electron chi connectivity index (χ2n) is 6.79. The molecule has 0 bridgehead atoms. The van der Waals surface area contributed by atoms with Crippen molar-refractivity contribution >= 4 is 6.03 Å². The molecule has 0 heterocycles. The zero-order chi connectivity index (χ0) is 15.0. The smallest absolute Gasteiger partial charge is 0.315 e. The van der Waals surface area contributed by atoms with Gasteiger partial charge in [0.1, 0.15) is 0 Å². The van der Waals surface area contributed by atoms with E-state index in [0.29, 0.717) is 17.8 Å². The number of hydrogen-bond acceptors (Lipinski definition) is 2. The van der Waals surface area contributed by atoms with E-state index in [-0.39, 0.29) is 12.1 Å². The lowest BCUT2D eigenvalue weighted by Crippen LogP contribution is -2.43. The van der Waals surface area contributed by atoms with E-state index in [0.717, 1.165) is 17.7 Å². The van der Waals surface area contributed by atoms with E-state index in [9.17, 15) is 9.90 Å². The predicted molar refractivity (Wildman–Crippen MR) is 81.9 cm³/mol. The summed E-state index contributed by atoms with van der Waals surface area (Å²) in [4.78, 5) is 12.1. The first kappa shape index (κ1) is 14.4. The molecule has 2 aliphatic rings. The molecule has 2 amide bonds. The summed E-state index contributed by atoms with van der Waals surface area (Å²) in [6.45, 7) is 5.15. The number of benzene rings is 1. The van der Waals surface area contributed by atoms with E-state index >= 15 is 0 Å². The zero-order valence-corrected chi connectivity index (χ0v) is 12.7. The van der Waals surface area contributed by atoms with Gasteiger partial charge < -0.3 is 15.7 Å². The second kappa shape index (κ2) is 5.34. The van der Waals surface area contributed by atoms with Crippen LogP contribution in [-0.2, 0) is 6.42 Å². The van der Waals surface area contributed by atoms with Crippen LogP contribution in [0.3, 0.4) is 0 Å². The minimum atomic E-state index is -0.534. The van der Waals surface area contributed by atoms with E-state index in [1.54, 1.807) is 0 Å². The molecule has 2 aliphatic carbocycles. The average molecular weight is 288 g/mol. The van der Waals surface area contributed by atoms with Crippen molar-refractivity contribution in [2.24, 2.45) is 11.3 Å². The number of aliphatic hydroxyl groups excluding tert-OH is 1. The number of aliphatic hydroxyl groups is 1. The Morgan fingerprint density at radius 1 is 1.38 bits per heavy atom. The summed E-state index contributed by atoms with van der Waals surface area (Å²) in [6.07, 6.45) is 2.46. The predicted octanol–water partition coefficient (Wildman–Crippen LogP) is 2.38. The maximum atomic E-state index is 12.1. The number of amides is 2. The Kier molecular flexibility index (Phi) is 3.66. The van der Waals surface area contributed by atoms with Gasteiger partial charge in [0.05, 0.1) is 12.1 Å². The molecule has 0 radical (unpaired) electrons. The van der Waals surface area contributed by atoms with Crippen LogP contribution in [0.15, 0.2) is 24.3 Å². The van der Waals surface area contributed by atoms with Gasteiger partial charge in [-0.15, -0.1) is 0 Å². The summed E-state index contributed by atoms with van der Waals surface area (Å²) >= 11 is 0. The standard InChI is InChI=1S/C17H24N2O2/c1-11(2)17(7-8-17)10-18-16(21)19-15-13-6-4-3-5-12(13)9-14(15)20/h3-6,11,14-15,20H,7-10H2,1-2H3,(H2,18,19,21)/t14-,15+/m1/s1. The molecule has 0 aliphatic heterocycles. The van der Waals surface area contributed by atoms with Crippen LogP contribution >= 0.6 is 0 Å². The van der Waals surface area contributed by atoms with Crippen molar-refractivity contribution in [3.05, 3.63) is 35.4 Å². The van der Waals surface area contributed by atoms with E-state index in [4.69, 9.17) is 0 Å². The molecule has 1 saturated carbocycles. The summed E-state index contributed by atoms with van der Waals surface area (Å²) < 4.78 is 0. The van der Waals surface area contributed by atoms with Gasteiger partial charge in [0.15, 0.2) is 0 Å². The van der Waals surface area contributed by atoms with Crippen LogP contribution in [0.4, 0.5) is 4.79 Å². The van der Waals surface area contributed by atoms with Crippen LogP contribution in [0.1, 0.15) is 43.9 Å². The van der Waals surface area contributed by atoms with Crippen molar-refractivity contribution < 1.29 is 9.90 Å². The van der Waals surface area contributed by atoms with Crippen LogP contribution in [-0.4, -0.2) is 23.8 Å². The minimum absolute atomic E-state index is 0.178. The topological polar surface area (TPSA) is 61.4 Å². The normalized spacial score (nSPS) is 25.5. The molecule has 1 aromatic carbocycles. The Morgan fingerprint density at radius 3 is 2.76 bits per heavy atom. The van der Waals surface area contributed by atoms with Crippen molar-refractivity contribution in [3.63, 3.8) is 0 Å². The average Bonchev–Trinajstić information content (AvgIpc) is 3.19. The van der Waals surface area contributed by atoms with Crippen LogP contribution in [0, 0.1) is 11.3 Å². The highest BCUT2D eigenvalue weighted by atomic mass is 16.3. The fourth-order valence-corrected chi connectivity index (χ4v) is 3.32. The number of nitrogens with one attached hydrogen (secondary N) is 2. The number of urea groups is 1. The van der Waals surface area contributed by atoms with E-state index < -0.39 is 6.10 Å². The fraction of sp³-hybridized carbons (Fsp3) is 0.588. The van der Waals surface area contributed by atoms with Crippen LogP contribution in [0.5, 0.6) is 0 Å². The van der Waals surface area contributed by atoms with Crippen molar-refractivity contribution in [2.45, 2.75) is 45.3 Å². The molecule has 21 heavy (non-hydrogen) atoms. The Labute approximate surface area is 125 Å². The molecule has 4 heteroatoms. The van der Waals surface area contributed by atoms with E-state index in [2.05, 4.69) is 24.5 Å². The monoisotopic (exact) mass is 288 g/mol. The highest BCUT2D eigenvalue weighted by Crippen LogP contribution is 2.51. The first-order chi connectivity index (χ1) is 10.0. The van der Waals surface area contributed by atoms with Gasteiger partial charge in [0, 0.05) is 13.0 Å². The van der Waals surface area contributed by atoms with Gasteiger partial charge in [-0.25, -0.2) is 4.79 Å². The molecular weight excluding hydrogens is 264 g/mol. The molecule has 114 valence electrons. The van der Waals surface area contributed by atoms with Gasteiger partial charge in [-0.3, -0.25) is 0 Å². The third kappa shape index (κ3) is 2.77. The second-order valence-corrected chi connectivity index (χ2v) is 6.79. The summed E-state index contributed by atoms with van der Waals surface area (Å²) in [7, 11) is 0. The first-order valence-corrected chi connectivity index (χ1v) is 7.82. The lowest BCUT2D eigenvalue weighted by Gasteiger charge is -2.22. The van der Waals surface area contributed by atoms with Crippen LogP contribution < -0.4 is 10.6 Å². The SMILES string of the molecule is CC(C)C1(CNC(=O)N[C@H]2c3ccccc3C[C@H]2O)CC1. The lowest BCUT2D eigenvalue weighted by molar-refractivity contribution is 0.142. The van der Waals surface area contributed by atoms with Gasteiger partial charge in [-0.1, -0.05) is 38.1 Å². The summed E-state index contributed by atoms with van der Waals surface area (Å²) in [5.74, 6) is 0.593. The van der Waals surface area contributed by atoms with Gasteiger partial charge in [0.2, 0.25) is 0 Å². The van der Waals surface area contributed by atoms with Gasteiger partial charge >= 0.3 is 6.03 Å². The molecule has 0 spiro atoms. The van der Waals surface area contributed by atoms with Gasteiger partial charge in [0.25, 0.3) is 0 Å². The van der Waals surface area contributed by atoms with Crippen molar-refractivity contribution in [1.82, 2.24) is 10.6 Å². The Balaban J connectivity index is 1.58. The number of fused-ring (bicyclic) bond motifs is 1.